The highest BCUT2D eigenvalue weighted by Crippen LogP contribution is 2.29. The Bertz CT molecular complexity index is 1090. The zero-order valence-corrected chi connectivity index (χ0v) is 22.5. The molecule has 0 aliphatic carbocycles. The number of sulfonamides is 1. The number of carbonyl (C=O) groups excluding carboxylic acids is 2. The molecular formula is C24H32BrN3O5S. The van der Waals surface area contributed by atoms with Crippen molar-refractivity contribution >= 4 is 43.5 Å². The summed E-state index contributed by atoms with van der Waals surface area (Å²) in [4.78, 5) is 27.8. The summed E-state index contributed by atoms with van der Waals surface area (Å²) in [7, 11) is -2.39. The lowest BCUT2D eigenvalue weighted by Crippen LogP contribution is -2.52. The van der Waals surface area contributed by atoms with Crippen LogP contribution < -0.4 is 14.4 Å². The summed E-state index contributed by atoms with van der Waals surface area (Å²) < 4.78 is 32.5. The molecule has 186 valence electrons. The molecule has 0 radical (unpaired) electrons. The normalized spacial score (nSPS) is 13.0. The lowest BCUT2D eigenvalue weighted by Gasteiger charge is -2.32. The number of halogens is 1. The van der Waals surface area contributed by atoms with Gasteiger partial charge in [-0.1, -0.05) is 47.1 Å². The topological polar surface area (TPSA) is 96.0 Å². The van der Waals surface area contributed by atoms with Gasteiger partial charge in [-0.25, -0.2) is 8.42 Å². The van der Waals surface area contributed by atoms with Crippen molar-refractivity contribution in [3.63, 3.8) is 0 Å². The van der Waals surface area contributed by atoms with Crippen LogP contribution in [0.25, 0.3) is 0 Å². The molecule has 10 heteroatoms. The van der Waals surface area contributed by atoms with E-state index in [9.17, 15) is 18.0 Å². The standard InChI is InChI=1S/C24H32BrN3O5S/c1-6-17(2)26-24(30)18(3)27(15-19-11-13-20(25)14-12-19)23(29)16-28(34(5,31)32)21-9-7-8-10-22(21)33-4/h7-14,17-18H,6,15-16H2,1-5H3,(H,26,30). The van der Waals surface area contributed by atoms with Gasteiger partial charge in [0.2, 0.25) is 21.8 Å². The van der Waals surface area contributed by atoms with E-state index in [1.807, 2.05) is 38.1 Å². The minimum Gasteiger partial charge on any atom is -0.495 e. The summed E-state index contributed by atoms with van der Waals surface area (Å²) in [6, 6.07) is 13.1. The zero-order chi connectivity index (χ0) is 25.5. The van der Waals surface area contributed by atoms with Gasteiger partial charge in [-0.15, -0.1) is 0 Å². The zero-order valence-electron chi connectivity index (χ0n) is 20.1. The van der Waals surface area contributed by atoms with Crippen molar-refractivity contribution < 1.29 is 22.7 Å². The van der Waals surface area contributed by atoms with Gasteiger partial charge in [0, 0.05) is 17.1 Å². The Labute approximate surface area is 210 Å². The molecule has 8 nitrogen and oxygen atoms in total. The number of para-hydroxylation sites is 2. The van der Waals surface area contributed by atoms with Crippen LogP contribution in [-0.4, -0.2) is 57.1 Å². The first-order chi connectivity index (χ1) is 16.0. The molecule has 0 spiro atoms. The third kappa shape index (κ3) is 7.46. The van der Waals surface area contributed by atoms with Crippen molar-refractivity contribution in [1.82, 2.24) is 10.2 Å². The molecule has 2 aromatic carbocycles. The molecule has 34 heavy (non-hydrogen) atoms. The number of nitrogens with zero attached hydrogens (tertiary/aromatic N) is 2. The number of benzene rings is 2. The number of methoxy groups -OCH3 is 1. The molecule has 0 bridgehead atoms. The molecule has 0 saturated carbocycles. The van der Waals surface area contributed by atoms with Crippen molar-refractivity contribution in [3.05, 3.63) is 58.6 Å². The Balaban J connectivity index is 2.41. The number of carbonyl (C=O) groups is 2. The summed E-state index contributed by atoms with van der Waals surface area (Å²) in [5, 5.41) is 2.90. The highest BCUT2D eigenvalue weighted by molar-refractivity contribution is 9.10. The molecule has 1 N–H and O–H groups in total. The van der Waals surface area contributed by atoms with E-state index in [0.29, 0.717) is 5.75 Å². The van der Waals surface area contributed by atoms with Gasteiger partial charge in [-0.3, -0.25) is 13.9 Å². The molecule has 0 heterocycles. The minimum absolute atomic E-state index is 0.0549. The van der Waals surface area contributed by atoms with Gasteiger partial charge in [0.05, 0.1) is 19.1 Å². The van der Waals surface area contributed by atoms with Crippen LogP contribution in [0, 0.1) is 0 Å². The maximum absolute atomic E-state index is 13.5. The predicted molar refractivity (Wildman–Crippen MR) is 137 cm³/mol. The molecular weight excluding hydrogens is 522 g/mol. The fourth-order valence-electron chi connectivity index (χ4n) is 3.27. The highest BCUT2D eigenvalue weighted by Gasteiger charge is 2.31. The molecule has 0 fully saturated rings. The predicted octanol–water partition coefficient (Wildman–Crippen LogP) is 3.56. The van der Waals surface area contributed by atoms with E-state index in [-0.39, 0.29) is 24.2 Å². The van der Waals surface area contributed by atoms with Gasteiger partial charge >= 0.3 is 0 Å². The fourth-order valence-corrected chi connectivity index (χ4v) is 4.38. The Kier molecular flexibility index (Phi) is 9.93. The average molecular weight is 555 g/mol. The summed E-state index contributed by atoms with van der Waals surface area (Å²) in [5.41, 5.74) is 1.06. The first-order valence-corrected chi connectivity index (χ1v) is 13.6. The van der Waals surface area contributed by atoms with Gasteiger partial charge < -0.3 is 15.0 Å². The van der Waals surface area contributed by atoms with E-state index >= 15 is 0 Å². The number of nitrogens with one attached hydrogen (secondary N) is 1. The number of amides is 2. The van der Waals surface area contributed by atoms with Crippen LogP contribution >= 0.6 is 15.9 Å². The van der Waals surface area contributed by atoms with Crippen LogP contribution in [0.2, 0.25) is 0 Å². The lowest BCUT2D eigenvalue weighted by atomic mass is 10.1. The number of ether oxygens (including phenoxy) is 1. The van der Waals surface area contributed by atoms with Crippen LogP contribution in [0.15, 0.2) is 53.0 Å². The van der Waals surface area contributed by atoms with Gasteiger partial charge in [-0.2, -0.15) is 0 Å². The smallest absolute Gasteiger partial charge is 0.244 e. The summed E-state index contributed by atoms with van der Waals surface area (Å²) in [6.45, 7) is 5.15. The van der Waals surface area contributed by atoms with Crippen LogP contribution in [0.3, 0.4) is 0 Å². The second-order valence-corrected chi connectivity index (χ2v) is 10.9. The second-order valence-electron chi connectivity index (χ2n) is 8.08. The number of anilines is 1. The first kappa shape index (κ1) is 27.7. The largest absolute Gasteiger partial charge is 0.495 e. The van der Waals surface area contributed by atoms with Gasteiger partial charge in [0.15, 0.2) is 0 Å². The van der Waals surface area contributed by atoms with Gasteiger partial charge in [0.1, 0.15) is 18.3 Å². The van der Waals surface area contributed by atoms with Crippen LogP contribution in [0.1, 0.15) is 32.8 Å². The third-order valence-corrected chi connectivity index (χ3v) is 7.12. The monoisotopic (exact) mass is 553 g/mol. The van der Waals surface area contributed by atoms with Gasteiger partial charge in [0.25, 0.3) is 0 Å². The first-order valence-electron chi connectivity index (χ1n) is 10.9. The van der Waals surface area contributed by atoms with Crippen molar-refractivity contribution in [2.75, 3.05) is 24.2 Å². The Morgan fingerprint density at radius 3 is 2.26 bits per heavy atom. The van der Waals surface area contributed by atoms with E-state index in [2.05, 4.69) is 21.2 Å². The van der Waals surface area contributed by atoms with E-state index in [1.165, 1.54) is 12.0 Å². The second kappa shape index (κ2) is 12.2. The van der Waals surface area contributed by atoms with Gasteiger partial charge in [-0.05, 0) is 50.1 Å². The molecule has 0 aliphatic heterocycles. The lowest BCUT2D eigenvalue weighted by molar-refractivity contribution is -0.139. The Morgan fingerprint density at radius 1 is 1.09 bits per heavy atom. The maximum atomic E-state index is 13.5. The fraction of sp³-hybridized carbons (Fsp3) is 0.417. The molecule has 0 aliphatic rings. The Morgan fingerprint density at radius 2 is 1.71 bits per heavy atom. The van der Waals surface area contributed by atoms with Crippen molar-refractivity contribution in [2.45, 2.75) is 45.8 Å². The van der Waals surface area contributed by atoms with Crippen molar-refractivity contribution in [1.29, 1.82) is 0 Å². The van der Waals surface area contributed by atoms with E-state index in [1.54, 1.807) is 31.2 Å². The average Bonchev–Trinajstić information content (AvgIpc) is 2.80. The minimum atomic E-state index is -3.83. The highest BCUT2D eigenvalue weighted by atomic mass is 79.9. The Hall–Kier alpha value is -2.59. The third-order valence-electron chi connectivity index (χ3n) is 5.47. The SMILES string of the molecule is CCC(C)NC(=O)C(C)N(Cc1ccc(Br)cc1)C(=O)CN(c1ccccc1OC)S(C)(=O)=O. The van der Waals surface area contributed by atoms with Crippen molar-refractivity contribution in [3.8, 4) is 5.75 Å². The molecule has 0 saturated heterocycles. The molecule has 2 atom stereocenters. The van der Waals surface area contributed by atoms with E-state index in [0.717, 1.165) is 27.0 Å². The summed E-state index contributed by atoms with van der Waals surface area (Å²) in [5.74, 6) is -0.489. The molecule has 2 rings (SSSR count). The molecule has 2 aromatic rings. The van der Waals surface area contributed by atoms with E-state index in [4.69, 9.17) is 4.74 Å². The number of hydrogen-bond acceptors (Lipinski definition) is 5. The quantitative estimate of drug-likeness (QED) is 0.459. The number of rotatable bonds is 11. The van der Waals surface area contributed by atoms with E-state index < -0.39 is 28.5 Å². The number of hydrogen-bond donors (Lipinski definition) is 1. The summed E-state index contributed by atoms with van der Waals surface area (Å²) >= 11 is 3.39. The van der Waals surface area contributed by atoms with Crippen LogP contribution in [0.4, 0.5) is 5.69 Å². The van der Waals surface area contributed by atoms with Crippen LogP contribution in [0.5, 0.6) is 5.75 Å². The molecule has 0 aromatic heterocycles. The summed E-state index contributed by atoms with van der Waals surface area (Å²) in [6.07, 6.45) is 1.78. The van der Waals surface area contributed by atoms with Crippen LogP contribution in [-0.2, 0) is 26.2 Å². The van der Waals surface area contributed by atoms with Crippen molar-refractivity contribution in [2.24, 2.45) is 0 Å². The molecule has 2 amide bonds. The maximum Gasteiger partial charge on any atom is 0.244 e. The molecule has 2 unspecified atom stereocenters.